The van der Waals surface area contributed by atoms with Crippen LogP contribution in [0, 0.1) is 0 Å². The lowest BCUT2D eigenvalue weighted by Crippen LogP contribution is -2.07. The van der Waals surface area contributed by atoms with Crippen LogP contribution in [0.4, 0.5) is 0 Å². The Bertz CT molecular complexity index is 926. The van der Waals surface area contributed by atoms with Crippen molar-refractivity contribution >= 4 is 45.5 Å². The second-order valence-electron chi connectivity index (χ2n) is 4.92. The highest BCUT2D eigenvalue weighted by Gasteiger charge is 2.26. The third-order valence-electron chi connectivity index (χ3n) is 3.35. The van der Waals surface area contributed by atoms with Crippen molar-refractivity contribution in [1.82, 2.24) is 4.98 Å². The number of carbonyl (C=O) groups is 1. The van der Waals surface area contributed by atoms with E-state index in [4.69, 9.17) is 25.8 Å². The van der Waals surface area contributed by atoms with E-state index < -0.39 is 5.97 Å². The standard InChI is InChI=1S/C16H8BrClN2O4/c17-10-6-14-13(22-7-23-14)4-8(10)3-12-16(21)24-15(20-12)11-5-9(18)1-2-19-11/h1-6H,7H2/b12-3-. The van der Waals surface area contributed by atoms with E-state index in [0.29, 0.717) is 22.2 Å². The summed E-state index contributed by atoms with van der Waals surface area (Å²) in [5, 5.41) is 0.481. The van der Waals surface area contributed by atoms with Crippen LogP contribution in [0.1, 0.15) is 11.3 Å². The van der Waals surface area contributed by atoms with Gasteiger partial charge < -0.3 is 14.2 Å². The summed E-state index contributed by atoms with van der Waals surface area (Å²) in [5.74, 6) is 0.810. The maximum atomic E-state index is 12.1. The normalized spacial score (nSPS) is 17.2. The van der Waals surface area contributed by atoms with Gasteiger partial charge in [-0.15, -0.1) is 0 Å². The van der Waals surface area contributed by atoms with Gasteiger partial charge in [-0.3, -0.25) is 4.98 Å². The van der Waals surface area contributed by atoms with E-state index in [1.165, 1.54) is 6.20 Å². The van der Waals surface area contributed by atoms with Gasteiger partial charge >= 0.3 is 5.97 Å². The fraction of sp³-hybridized carbons (Fsp3) is 0.0625. The Hall–Kier alpha value is -2.38. The molecule has 0 N–H and O–H groups in total. The van der Waals surface area contributed by atoms with Crippen LogP contribution >= 0.6 is 27.5 Å². The Balaban J connectivity index is 1.71. The maximum absolute atomic E-state index is 12.1. The van der Waals surface area contributed by atoms with Crippen molar-refractivity contribution in [3.63, 3.8) is 0 Å². The molecule has 0 bridgehead atoms. The van der Waals surface area contributed by atoms with Crippen LogP contribution in [0.25, 0.3) is 6.08 Å². The number of benzene rings is 1. The van der Waals surface area contributed by atoms with Crippen molar-refractivity contribution in [2.75, 3.05) is 6.79 Å². The summed E-state index contributed by atoms with van der Waals surface area (Å²) < 4.78 is 16.6. The van der Waals surface area contributed by atoms with Crippen LogP contribution in [0.15, 0.2) is 45.6 Å². The van der Waals surface area contributed by atoms with E-state index in [-0.39, 0.29) is 18.4 Å². The average Bonchev–Trinajstić information content (AvgIpc) is 3.14. The minimum atomic E-state index is -0.559. The van der Waals surface area contributed by atoms with Gasteiger partial charge in [0.15, 0.2) is 17.2 Å². The minimum Gasteiger partial charge on any atom is -0.454 e. The molecule has 0 spiro atoms. The number of ether oxygens (including phenoxy) is 3. The monoisotopic (exact) mass is 406 g/mol. The molecule has 0 saturated heterocycles. The molecular weight excluding hydrogens is 400 g/mol. The zero-order chi connectivity index (χ0) is 16.7. The zero-order valence-corrected chi connectivity index (χ0v) is 14.3. The van der Waals surface area contributed by atoms with E-state index in [1.54, 1.807) is 30.3 Å². The predicted octanol–water partition coefficient (Wildman–Crippen LogP) is 3.57. The quantitative estimate of drug-likeness (QED) is 0.562. The van der Waals surface area contributed by atoms with Crippen LogP contribution < -0.4 is 9.47 Å². The third-order valence-corrected chi connectivity index (χ3v) is 4.27. The maximum Gasteiger partial charge on any atom is 0.363 e. The first-order valence-electron chi connectivity index (χ1n) is 6.84. The first kappa shape index (κ1) is 15.2. The summed E-state index contributed by atoms with van der Waals surface area (Å²) in [6.07, 6.45) is 3.12. The highest BCUT2D eigenvalue weighted by molar-refractivity contribution is 9.10. The number of halogens is 2. The van der Waals surface area contributed by atoms with Gasteiger partial charge in [0.1, 0.15) is 5.69 Å². The molecule has 24 heavy (non-hydrogen) atoms. The van der Waals surface area contributed by atoms with E-state index >= 15 is 0 Å². The highest BCUT2D eigenvalue weighted by Crippen LogP contribution is 2.38. The Labute approximate surface area is 149 Å². The van der Waals surface area contributed by atoms with E-state index in [1.807, 2.05) is 0 Å². The van der Waals surface area contributed by atoms with Crippen molar-refractivity contribution in [2.45, 2.75) is 0 Å². The van der Waals surface area contributed by atoms with Crippen LogP contribution in [0.5, 0.6) is 11.5 Å². The lowest BCUT2D eigenvalue weighted by atomic mass is 10.1. The first-order valence-corrected chi connectivity index (χ1v) is 8.01. The molecule has 2 aliphatic rings. The van der Waals surface area contributed by atoms with Crippen LogP contribution in [-0.4, -0.2) is 23.6 Å². The largest absolute Gasteiger partial charge is 0.454 e. The van der Waals surface area contributed by atoms with Gasteiger partial charge in [0.05, 0.1) is 0 Å². The molecular formula is C16H8BrClN2O4. The first-order chi connectivity index (χ1) is 11.6. The summed E-state index contributed by atoms with van der Waals surface area (Å²) in [7, 11) is 0. The molecule has 0 unspecified atom stereocenters. The van der Waals surface area contributed by atoms with Crippen molar-refractivity contribution in [3.8, 4) is 11.5 Å². The number of nitrogens with zero attached hydrogens (tertiary/aromatic N) is 2. The van der Waals surface area contributed by atoms with Gasteiger partial charge in [-0.1, -0.05) is 27.5 Å². The van der Waals surface area contributed by atoms with Gasteiger partial charge in [-0.2, -0.15) is 0 Å². The molecule has 0 fully saturated rings. The fourth-order valence-corrected chi connectivity index (χ4v) is 2.83. The number of esters is 1. The average molecular weight is 408 g/mol. The van der Waals surface area contributed by atoms with Crippen LogP contribution in [0.3, 0.4) is 0 Å². The Morgan fingerprint density at radius 1 is 1.21 bits per heavy atom. The highest BCUT2D eigenvalue weighted by atomic mass is 79.9. The molecule has 2 aromatic rings. The summed E-state index contributed by atoms with van der Waals surface area (Å²) >= 11 is 9.35. The number of hydrogen-bond acceptors (Lipinski definition) is 6. The fourth-order valence-electron chi connectivity index (χ4n) is 2.23. The second-order valence-corrected chi connectivity index (χ2v) is 6.21. The third kappa shape index (κ3) is 2.76. The number of aromatic nitrogens is 1. The lowest BCUT2D eigenvalue weighted by Gasteiger charge is -2.01. The van der Waals surface area contributed by atoms with Crippen molar-refractivity contribution in [2.24, 2.45) is 4.99 Å². The summed E-state index contributed by atoms with van der Waals surface area (Å²) in [5.41, 5.74) is 1.27. The van der Waals surface area contributed by atoms with E-state index in [0.717, 1.165) is 10.0 Å². The second kappa shape index (κ2) is 5.92. The van der Waals surface area contributed by atoms with Crippen LogP contribution in [0.2, 0.25) is 5.02 Å². The molecule has 8 heteroatoms. The topological polar surface area (TPSA) is 70.0 Å². The van der Waals surface area contributed by atoms with Gasteiger partial charge in [0.25, 0.3) is 0 Å². The molecule has 3 heterocycles. The number of fused-ring (bicyclic) bond motifs is 1. The number of pyridine rings is 1. The number of aliphatic imine (C=N–C) groups is 1. The molecule has 0 amide bonds. The van der Waals surface area contributed by atoms with Crippen molar-refractivity contribution in [3.05, 3.63) is 56.9 Å². The number of rotatable bonds is 2. The van der Waals surface area contributed by atoms with Gasteiger partial charge in [-0.05, 0) is 35.9 Å². The van der Waals surface area contributed by atoms with Crippen molar-refractivity contribution < 1.29 is 19.0 Å². The number of hydrogen-bond donors (Lipinski definition) is 0. The van der Waals surface area contributed by atoms with Gasteiger partial charge in [0.2, 0.25) is 12.7 Å². The summed E-state index contributed by atoms with van der Waals surface area (Å²) in [6.45, 7) is 0.173. The summed E-state index contributed by atoms with van der Waals surface area (Å²) in [6, 6.07) is 6.74. The molecule has 1 aromatic carbocycles. The predicted molar refractivity (Wildman–Crippen MR) is 90.1 cm³/mol. The summed E-state index contributed by atoms with van der Waals surface area (Å²) in [4.78, 5) is 20.4. The molecule has 6 nitrogen and oxygen atoms in total. The Kier molecular flexibility index (Phi) is 3.74. The Morgan fingerprint density at radius 3 is 2.79 bits per heavy atom. The van der Waals surface area contributed by atoms with E-state index in [2.05, 4.69) is 25.9 Å². The lowest BCUT2D eigenvalue weighted by molar-refractivity contribution is -0.129. The molecule has 0 atom stereocenters. The van der Waals surface area contributed by atoms with Crippen LogP contribution in [-0.2, 0) is 9.53 Å². The van der Waals surface area contributed by atoms with Gasteiger partial charge in [-0.25, -0.2) is 9.79 Å². The molecule has 0 radical (unpaired) electrons. The zero-order valence-electron chi connectivity index (χ0n) is 12.0. The van der Waals surface area contributed by atoms with E-state index in [9.17, 15) is 4.79 Å². The molecule has 120 valence electrons. The number of cyclic esters (lactones) is 1. The molecule has 0 aliphatic carbocycles. The molecule has 2 aliphatic heterocycles. The SMILES string of the molecule is O=C1OC(c2cc(Cl)ccn2)=N/C1=C\c1cc2c(cc1Br)OCO2. The Morgan fingerprint density at radius 2 is 2.00 bits per heavy atom. The molecule has 1 aromatic heterocycles. The smallest absolute Gasteiger partial charge is 0.363 e. The minimum absolute atomic E-state index is 0.116. The molecule has 0 saturated carbocycles. The number of carbonyl (C=O) groups excluding carboxylic acids is 1. The van der Waals surface area contributed by atoms with Gasteiger partial charge in [0, 0.05) is 15.7 Å². The molecule has 4 rings (SSSR count). The van der Waals surface area contributed by atoms with Crippen molar-refractivity contribution in [1.29, 1.82) is 0 Å².